The van der Waals surface area contributed by atoms with E-state index in [-0.39, 0.29) is 16.8 Å². The summed E-state index contributed by atoms with van der Waals surface area (Å²) in [5.41, 5.74) is 6.75. The van der Waals surface area contributed by atoms with Gasteiger partial charge in [0.2, 0.25) is 0 Å². The molecule has 1 heterocycles. The summed E-state index contributed by atoms with van der Waals surface area (Å²) in [7, 11) is 0. The van der Waals surface area contributed by atoms with Gasteiger partial charge in [-0.25, -0.2) is 4.90 Å². The van der Waals surface area contributed by atoms with E-state index in [2.05, 4.69) is 0 Å². The molecular weight excluding hydrogens is 256 g/mol. The third kappa shape index (κ3) is 1.60. The summed E-state index contributed by atoms with van der Waals surface area (Å²) < 4.78 is 0. The standard InChI is InChI=1S/C15H10N2O3/c16-11-7-3-1-5-9(11)14(19)17-12-8-4-2-6-10(12)13(18)15(17)20/h1-8H,16H2. The Morgan fingerprint density at radius 2 is 1.60 bits per heavy atom. The molecule has 0 bridgehead atoms. The van der Waals surface area contributed by atoms with E-state index in [0.29, 0.717) is 5.69 Å². The summed E-state index contributed by atoms with van der Waals surface area (Å²) in [6, 6.07) is 12.8. The Kier molecular flexibility index (Phi) is 2.61. The van der Waals surface area contributed by atoms with E-state index >= 15 is 0 Å². The van der Waals surface area contributed by atoms with Gasteiger partial charge in [-0.3, -0.25) is 14.4 Å². The van der Waals surface area contributed by atoms with E-state index in [1.54, 1.807) is 36.4 Å². The average Bonchev–Trinajstić information content (AvgIpc) is 2.71. The summed E-state index contributed by atoms with van der Waals surface area (Å²) in [6.07, 6.45) is 0. The van der Waals surface area contributed by atoms with Crippen molar-refractivity contribution in [3.8, 4) is 0 Å². The maximum absolute atomic E-state index is 12.5. The molecule has 0 unspecified atom stereocenters. The first kappa shape index (κ1) is 12.1. The molecule has 5 heteroatoms. The molecule has 0 fully saturated rings. The van der Waals surface area contributed by atoms with Gasteiger partial charge in [0.05, 0.1) is 16.8 Å². The Morgan fingerprint density at radius 1 is 0.950 bits per heavy atom. The zero-order valence-corrected chi connectivity index (χ0v) is 10.4. The Hall–Kier alpha value is -2.95. The van der Waals surface area contributed by atoms with Crippen LogP contribution in [-0.2, 0) is 4.79 Å². The third-order valence-corrected chi connectivity index (χ3v) is 3.18. The number of imide groups is 1. The molecule has 0 spiro atoms. The summed E-state index contributed by atoms with van der Waals surface area (Å²) in [6.45, 7) is 0. The molecule has 0 atom stereocenters. The second kappa shape index (κ2) is 4.31. The predicted octanol–water partition coefficient (Wildman–Crippen LogP) is 1.64. The zero-order valence-electron chi connectivity index (χ0n) is 10.4. The van der Waals surface area contributed by atoms with Crippen molar-refractivity contribution in [3.63, 3.8) is 0 Å². The molecule has 2 aromatic carbocycles. The lowest BCUT2D eigenvalue weighted by Crippen LogP contribution is -2.36. The molecule has 5 nitrogen and oxygen atoms in total. The van der Waals surface area contributed by atoms with Gasteiger partial charge in [0.1, 0.15) is 0 Å². The normalized spacial score (nSPS) is 13.5. The first-order chi connectivity index (χ1) is 9.61. The van der Waals surface area contributed by atoms with Crippen molar-refractivity contribution in [2.24, 2.45) is 0 Å². The fraction of sp³-hybridized carbons (Fsp3) is 0. The van der Waals surface area contributed by atoms with Crippen LogP contribution in [-0.4, -0.2) is 17.6 Å². The lowest BCUT2D eigenvalue weighted by atomic mass is 10.1. The van der Waals surface area contributed by atoms with Gasteiger partial charge in [-0.05, 0) is 24.3 Å². The Balaban J connectivity index is 2.12. The summed E-state index contributed by atoms with van der Waals surface area (Å²) in [5.74, 6) is -2.12. The number of amides is 2. The van der Waals surface area contributed by atoms with Crippen LogP contribution in [0, 0.1) is 0 Å². The van der Waals surface area contributed by atoms with E-state index in [1.165, 1.54) is 12.1 Å². The monoisotopic (exact) mass is 266 g/mol. The second-order valence-corrected chi connectivity index (χ2v) is 4.38. The minimum Gasteiger partial charge on any atom is -0.398 e. The van der Waals surface area contributed by atoms with Gasteiger partial charge in [-0.15, -0.1) is 0 Å². The van der Waals surface area contributed by atoms with Crippen molar-refractivity contribution in [1.82, 2.24) is 0 Å². The highest BCUT2D eigenvalue weighted by Crippen LogP contribution is 2.30. The van der Waals surface area contributed by atoms with Gasteiger partial charge < -0.3 is 5.73 Å². The largest absolute Gasteiger partial charge is 0.398 e. The number of nitrogens with two attached hydrogens (primary N) is 1. The maximum atomic E-state index is 12.5. The molecule has 20 heavy (non-hydrogen) atoms. The molecule has 2 aromatic rings. The summed E-state index contributed by atoms with van der Waals surface area (Å²) in [4.78, 5) is 37.2. The highest BCUT2D eigenvalue weighted by atomic mass is 16.2. The minimum atomic E-state index is -0.848. The van der Waals surface area contributed by atoms with Gasteiger partial charge in [0.15, 0.2) is 0 Å². The molecule has 0 aromatic heterocycles. The molecule has 2 amide bonds. The van der Waals surface area contributed by atoms with Crippen molar-refractivity contribution >= 4 is 29.0 Å². The van der Waals surface area contributed by atoms with Crippen molar-refractivity contribution in [3.05, 3.63) is 59.7 Å². The number of nitrogens with zero attached hydrogens (tertiary/aromatic N) is 1. The molecule has 1 aliphatic heterocycles. The van der Waals surface area contributed by atoms with Gasteiger partial charge in [-0.2, -0.15) is 0 Å². The number of hydrogen-bond acceptors (Lipinski definition) is 4. The van der Waals surface area contributed by atoms with Crippen molar-refractivity contribution < 1.29 is 14.4 Å². The lowest BCUT2D eigenvalue weighted by Gasteiger charge is -2.15. The Morgan fingerprint density at radius 3 is 2.35 bits per heavy atom. The smallest absolute Gasteiger partial charge is 0.306 e. The fourth-order valence-corrected chi connectivity index (χ4v) is 2.20. The van der Waals surface area contributed by atoms with E-state index in [9.17, 15) is 14.4 Å². The number of anilines is 2. The third-order valence-electron chi connectivity index (χ3n) is 3.18. The molecule has 3 rings (SSSR count). The number of Topliss-reactive ketones (excluding diaryl/α,β-unsaturated/α-hetero) is 1. The fourth-order valence-electron chi connectivity index (χ4n) is 2.20. The second-order valence-electron chi connectivity index (χ2n) is 4.38. The van der Waals surface area contributed by atoms with E-state index in [0.717, 1.165) is 4.90 Å². The van der Waals surface area contributed by atoms with E-state index in [4.69, 9.17) is 5.73 Å². The molecule has 2 N–H and O–H groups in total. The number of hydrogen-bond donors (Lipinski definition) is 1. The molecule has 0 saturated carbocycles. The Labute approximate surface area is 114 Å². The van der Waals surface area contributed by atoms with Crippen LogP contribution in [0.25, 0.3) is 0 Å². The van der Waals surface area contributed by atoms with E-state index in [1.807, 2.05) is 0 Å². The van der Waals surface area contributed by atoms with Crippen LogP contribution in [0.2, 0.25) is 0 Å². The van der Waals surface area contributed by atoms with Gasteiger partial charge in [-0.1, -0.05) is 24.3 Å². The average molecular weight is 266 g/mol. The first-order valence-corrected chi connectivity index (χ1v) is 5.98. The SMILES string of the molecule is Nc1ccccc1C(=O)N1C(=O)C(=O)c2ccccc21. The molecular formula is C15H10N2O3. The van der Waals surface area contributed by atoms with Crippen LogP contribution < -0.4 is 10.6 Å². The predicted molar refractivity (Wildman–Crippen MR) is 73.4 cm³/mol. The molecule has 1 aliphatic rings. The number of carbonyl (C=O) groups is 3. The summed E-state index contributed by atoms with van der Waals surface area (Å²) in [5, 5.41) is 0. The number of carbonyl (C=O) groups excluding carboxylic acids is 3. The van der Waals surface area contributed by atoms with Crippen molar-refractivity contribution in [2.75, 3.05) is 10.6 Å². The lowest BCUT2D eigenvalue weighted by molar-refractivity contribution is -0.113. The quantitative estimate of drug-likeness (QED) is 0.483. The van der Waals surface area contributed by atoms with Crippen molar-refractivity contribution in [2.45, 2.75) is 0 Å². The molecule has 0 aliphatic carbocycles. The van der Waals surface area contributed by atoms with Crippen LogP contribution in [0.5, 0.6) is 0 Å². The zero-order chi connectivity index (χ0) is 14.3. The van der Waals surface area contributed by atoms with Gasteiger partial charge in [0.25, 0.3) is 11.7 Å². The maximum Gasteiger partial charge on any atom is 0.306 e. The van der Waals surface area contributed by atoms with Crippen LogP contribution in [0.15, 0.2) is 48.5 Å². The summed E-state index contributed by atoms with van der Waals surface area (Å²) >= 11 is 0. The first-order valence-electron chi connectivity index (χ1n) is 5.98. The number of para-hydroxylation sites is 2. The minimum absolute atomic E-state index is 0.199. The number of benzene rings is 2. The van der Waals surface area contributed by atoms with Crippen LogP contribution in [0.1, 0.15) is 20.7 Å². The topological polar surface area (TPSA) is 80.5 Å². The molecule has 0 radical (unpaired) electrons. The highest BCUT2D eigenvalue weighted by Gasteiger charge is 2.40. The van der Waals surface area contributed by atoms with Crippen LogP contribution in [0.3, 0.4) is 0 Å². The number of fused-ring (bicyclic) bond motifs is 1. The molecule has 0 saturated heterocycles. The van der Waals surface area contributed by atoms with Crippen LogP contribution >= 0.6 is 0 Å². The number of nitrogen functional groups attached to an aromatic ring is 1. The van der Waals surface area contributed by atoms with E-state index < -0.39 is 17.6 Å². The number of ketones is 1. The molecule has 98 valence electrons. The van der Waals surface area contributed by atoms with Gasteiger partial charge in [0, 0.05) is 5.69 Å². The highest BCUT2D eigenvalue weighted by molar-refractivity contribution is 6.57. The van der Waals surface area contributed by atoms with Gasteiger partial charge >= 0.3 is 5.91 Å². The Bertz CT molecular complexity index is 752. The number of rotatable bonds is 1. The van der Waals surface area contributed by atoms with Crippen LogP contribution in [0.4, 0.5) is 11.4 Å². The van der Waals surface area contributed by atoms with Crippen molar-refractivity contribution in [1.29, 1.82) is 0 Å².